The van der Waals surface area contributed by atoms with Crippen molar-refractivity contribution in [3.05, 3.63) is 17.6 Å². The van der Waals surface area contributed by atoms with E-state index in [4.69, 9.17) is 4.74 Å². The van der Waals surface area contributed by atoms with Crippen molar-refractivity contribution in [2.24, 2.45) is 0 Å². The van der Waals surface area contributed by atoms with Crippen molar-refractivity contribution in [3.63, 3.8) is 0 Å². The van der Waals surface area contributed by atoms with Gasteiger partial charge in [-0.25, -0.2) is 9.97 Å². The van der Waals surface area contributed by atoms with Crippen molar-refractivity contribution < 1.29 is 9.53 Å². The van der Waals surface area contributed by atoms with Crippen LogP contribution >= 0.6 is 0 Å². The van der Waals surface area contributed by atoms with Crippen LogP contribution in [-0.2, 0) is 9.53 Å². The molecule has 0 N–H and O–H groups in total. The van der Waals surface area contributed by atoms with Gasteiger partial charge < -0.3 is 9.64 Å². The molecule has 0 atom stereocenters. The predicted octanol–water partition coefficient (Wildman–Crippen LogP) is 1.59. The SMILES string of the molecule is CCOC(=O)CN1CCN(c2cc(C)nc(C(C)C)n2)CC1. The number of ether oxygens (including phenoxy) is 1. The van der Waals surface area contributed by atoms with Gasteiger partial charge in [0.15, 0.2) is 0 Å². The van der Waals surface area contributed by atoms with Gasteiger partial charge in [-0.2, -0.15) is 0 Å². The van der Waals surface area contributed by atoms with Crippen LogP contribution in [-0.4, -0.2) is 60.2 Å². The zero-order valence-corrected chi connectivity index (χ0v) is 14.0. The molecule has 0 saturated carbocycles. The second-order valence-corrected chi connectivity index (χ2v) is 5.95. The van der Waals surface area contributed by atoms with Crippen LogP contribution in [0, 0.1) is 6.92 Å². The van der Waals surface area contributed by atoms with E-state index in [1.54, 1.807) is 0 Å². The molecule has 0 radical (unpaired) electrons. The fraction of sp³-hybridized carbons (Fsp3) is 0.688. The topological polar surface area (TPSA) is 58.6 Å². The summed E-state index contributed by atoms with van der Waals surface area (Å²) in [5.74, 6) is 2.07. The summed E-state index contributed by atoms with van der Waals surface area (Å²) >= 11 is 0. The van der Waals surface area contributed by atoms with Crippen LogP contribution in [0.3, 0.4) is 0 Å². The Morgan fingerprint density at radius 1 is 1.27 bits per heavy atom. The number of rotatable bonds is 5. The van der Waals surface area contributed by atoms with Crippen LogP contribution in [0.5, 0.6) is 0 Å². The Morgan fingerprint density at radius 2 is 1.95 bits per heavy atom. The lowest BCUT2D eigenvalue weighted by Crippen LogP contribution is -2.48. The molecule has 2 rings (SSSR count). The standard InChI is InChI=1S/C16H26N4O2/c1-5-22-15(21)11-19-6-8-20(9-7-19)14-10-13(4)17-16(18-14)12(2)3/h10,12H,5-9,11H2,1-4H3. The molecular weight excluding hydrogens is 280 g/mol. The van der Waals surface area contributed by atoms with Crippen LogP contribution < -0.4 is 4.90 Å². The first-order chi connectivity index (χ1) is 10.5. The lowest BCUT2D eigenvalue weighted by molar-refractivity contribution is -0.144. The van der Waals surface area contributed by atoms with Crippen LogP contribution in [0.15, 0.2) is 6.07 Å². The molecule has 0 bridgehead atoms. The Labute approximate surface area is 132 Å². The fourth-order valence-electron chi connectivity index (χ4n) is 2.52. The monoisotopic (exact) mass is 306 g/mol. The van der Waals surface area contributed by atoms with E-state index in [2.05, 4.69) is 33.6 Å². The van der Waals surface area contributed by atoms with Crippen molar-refractivity contribution >= 4 is 11.8 Å². The number of carbonyl (C=O) groups is 1. The summed E-state index contributed by atoms with van der Waals surface area (Å²) in [6.45, 7) is 12.3. The normalized spacial score (nSPS) is 16.1. The average molecular weight is 306 g/mol. The van der Waals surface area contributed by atoms with Gasteiger partial charge in [0.1, 0.15) is 11.6 Å². The van der Waals surface area contributed by atoms with Crippen LogP contribution in [0.2, 0.25) is 0 Å². The van der Waals surface area contributed by atoms with E-state index in [-0.39, 0.29) is 5.97 Å². The zero-order chi connectivity index (χ0) is 16.1. The molecule has 6 nitrogen and oxygen atoms in total. The molecule has 0 amide bonds. The maximum Gasteiger partial charge on any atom is 0.320 e. The minimum atomic E-state index is -0.143. The van der Waals surface area contributed by atoms with Gasteiger partial charge in [0, 0.05) is 43.9 Å². The Bertz CT molecular complexity index is 511. The maximum atomic E-state index is 11.5. The van der Waals surface area contributed by atoms with Crippen molar-refractivity contribution in [1.82, 2.24) is 14.9 Å². The van der Waals surface area contributed by atoms with Crippen LogP contribution in [0.1, 0.15) is 38.2 Å². The molecule has 0 aliphatic carbocycles. The number of anilines is 1. The number of hydrogen-bond donors (Lipinski definition) is 0. The van der Waals surface area contributed by atoms with Crippen molar-refractivity contribution in [2.45, 2.75) is 33.6 Å². The van der Waals surface area contributed by atoms with Crippen molar-refractivity contribution in [1.29, 1.82) is 0 Å². The van der Waals surface area contributed by atoms with E-state index in [0.717, 1.165) is 43.5 Å². The minimum Gasteiger partial charge on any atom is -0.465 e. The van der Waals surface area contributed by atoms with E-state index < -0.39 is 0 Å². The molecular formula is C16H26N4O2. The summed E-state index contributed by atoms with van der Waals surface area (Å²) in [6.07, 6.45) is 0. The number of nitrogens with zero attached hydrogens (tertiary/aromatic N) is 4. The molecule has 122 valence electrons. The van der Waals surface area contributed by atoms with Gasteiger partial charge in [0.25, 0.3) is 0 Å². The van der Waals surface area contributed by atoms with Gasteiger partial charge in [0.05, 0.1) is 13.2 Å². The first-order valence-electron chi connectivity index (χ1n) is 7.98. The number of esters is 1. The molecule has 1 aliphatic rings. The predicted molar refractivity (Wildman–Crippen MR) is 86.1 cm³/mol. The number of carbonyl (C=O) groups excluding carboxylic acids is 1. The highest BCUT2D eigenvalue weighted by molar-refractivity contribution is 5.71. The van der Waals surface area contributed by atoms with E-state index in [9.17, 15) is 4.79 Å². The van der Waals surface area contributed by atoms with Gasteiger partial charge in [-0.15, -0.1) is 0 Å². The highest BCUT2D eigenvalue weighted by atomic mass is 16.5. The first-order valence-corrected chi connectivity index (χ1v) is 7.98. The Kier molecular flexibility index (Phi) is 5.71. The molecule has 6 heteroatoms. The number of aromatic nitrogens is 2. The van der Waals surface area contributed by atoms with E-state index in [0.29, 0.717) is 19.1 Å². The number of piperazine rings is 1. The van der Waals surface area contributed by atoms with E-state index >= 15 is 0 Å². The van der Waals surface area contributed by atoms with E-state index in [1.165, 1.54) is 0 Å². The second-order valence-electron chi connectivity index (χ2n) is 5.95. The summed E-state index contributed by atoms with van der Waals surface area (Å²) < 4.78 is 5.00. The third-order valence-electron chi connectivity index (χ3n) is 3.73. The van der Waals surface area contributed by atoms with Gasteiger partial charge in [-0.3, -0.25) is 9.69 Å². The van der Waals surface area contributed by atoms with Crippen LogP contribution in [0.4, 0.5) is 5.82 Å². The summed E-state index contributed by atoms with van der Waals surface area (Å²) in [5.41, 5.74) is 1.00. The molecule has 1 saturated heterocycles. The number of hydrogen-bond acceptors (Lipinski definition) is 6. The minimum absolute atomic E-state index is 0.143. The van der Waals surface area contributed by atoms with Gasteiger partial charge in [-0.05, 0) is 13.8 Å². The van der Waals surface area contributed by atoms with Crippen molar-refractivity contribution in [2.75, 3.05) is 44.2 Å². The molecule has 1 aromatic rings. The smallest absolute Gasteiger partial charge is 0.320 e. The van der Waals surface area contributed by atoms with Gasteiger partial charge in [0.2, 0.25) is 0 Å². The molecule has 1 aliphatic heterocycles. The van der Waals surface area contributed by atoms with E-state index in [1.807, 2.05) is 19.9 Å². The zero-order valence-electron chi connectivity index (χ0n) is 14.0. The maximum absolute atomic E-state index is 11.5. The Balaban J connectivity index is 1.95. The molecule has 0 unspecified atom stereocenters. The van der Waals surface area contributed by atoms with Gasteiger partial charge >= 0.3 is 5.97 Å². The molecule has 22 heavy (non-hydrogen) atoms. The van der Waals surface area contributed by atoms with Crippen LogP contribution in [0.25, 0.3) is 0 Å². The fourth-order valence-corrected chi connectivity index (χ4v) is 2.52. The molecule has 0 aromatic carbocycles. The third kappa shape index (κ3) is 4.40. The molecule has 1 fully saturated rings. The largest absolute Gasteiger partial charge is 0.465 e. The highest BCUT2D eigenvalue weighted by Gasteiger charge is 2.21. The van der Waals surface area contributed by atoms with Crippen molar-refractivity contribution in [3.8, 4) is 0 Å². The highest BCUT2D eigenvalue weighted by Crippen LogP contribution is 2.18. The number of aryl methyl sites for hydroxylation is 1. The summed E-state index contributed by atoms with van der Waals surface area (Å²) in [4.78, 5) is 25.1. The quantitative estimate of drug-likeness (QED) is 0.770. The second kappa shape index (κ2) is 7.54. The Hall–Kier alpha value is -1.69. The average Bonchev–Trinajstić information content (AvgIpc) is 2.47. The first kappa shape index (κ1) is 16.7. The van der Waals surface area contributed by atoms with Gasteiger partial charge in [-0.1, -0.05) is 13.8 Å². The molecule has 0 spiro atoms. The molecule has 2 heterocycles. The lowest BCUT2D eigenvalue weighted by atomic mass is 10.2. The Morgan fingerprint density at radius 3 is 2.55 bits per heavy atom. The summed E-state index contributed by atoms with van der Waals surface area (Å²) in [7, 11) is 0. The lowest BCUT2D eigenvalue weighted by Gasteiger charge is -2.35. The summed E-state index contributed by atoms with van der Waals surface area (Å²) in [5, 5.41) is 0. The third-order valence-corrected chi connectivity index (χ3v) is 3.73. The summed E-state index contributed by atoms with van der Waals surface area (Å²) in [6, 6.07) is 2.03. The molecule has 1 aromatic heterocycles.